The van der Waals surface area contributed by atoms with Crippen molar-refractivity contribution in [2.45, 2.75) is 276 Å². The quantitative estimate of drug-likeness (QED) is 0.0382. The molecule has 1 amide bonds. The van der Waals surface area contributed by atoms with E-state index in [1.807, 2.05) is 0 Å². The van der Waals surface area contributed by atoms with Crippen molar-refractivity contribution in [3.05, 3.63) is 0 Å². The van der Waals surface area contributed by atoms with Gasteiger partial charge in [0, 0.05) is 0 Å². The molecule has 9 rings (SSSR count). The SMILES string of the molecule is COC(=O)N[C@H]1[C@H](O[C@H]2[C@H](O)[C@@H](N)[C@H](O[C@H]3[C@@H](O)[C@@H](N)[C@H](O)O[C@@H]3CO)O[C@@H]2CO)O[C@H](CO)[C@@H](O[C@@H]2O[C@H](CO)[C@@H](O[C@@H]3O[C@H](CO)[C@@H](O[C@@H]4O[C@H](CO)[C@@H](O[C@@H]5O[C@H](CO)[C@@H](O[C@@H]6O[C@H](CO)[C@@H](O[C@@H]7O[C@H](CO)[C@@H](O)[C@H](O)[C@H]7N)[C@H](O)[C@H]6N)[C@H](O)[C@H]5N)[C@H](O)[C@H]4N)[C@H](O)[C@H]3N)[C@H](O)[C@H]2N)[C@@H]1O. The number of rotatable bonds is 26. The van der Waals surface area contributed by atoms with Crippen molar-refractivity contribution >= 4 is 6.09 Å². The van der Waals surface area contributed by atoms with Crippen LogP contribution < -0.4 is 51.2 Å². The summed E-state index contributed by atoms with van der Waals surface area (Å²) in [6.45, 7) is -8.24. The van der Waals surface area contributed by atoms with Gasteiger partial charge in [-0.3, -0.25) is 0 Å². The zero-order chi connectivity index (χ0) is 76.4. The third-order valence-electron chi connectivity index (χ3n) is 19.9. The van der Waals surface area contributed by atoms with Gasteiger partial charge in [-0.1, -0.05) is 0 Å². The molecule has 9 aliphatic heterocycles. The van der Waals surface area contributed by atoms with Gasteiger partial charge in [-0.15, -0.1) is 0 Å². The number of alkyl carbamates (subject to hydrolysis) is 1. The predicted octanol–water partition coefficient (Wildman–Crippen LogP) is -20.5. The monoisotopic (exact) mass is 1530 g/mol. The van der Waals surface area contributed by atoms with Gasteiger partial charge >= 0.3 is 6.09 Å². The Morgan fingerprint density at radius 2 is 0.462 bits per heavy atom. The summed E-state index contributed by atoms with van der Waals surface area (Å²) in [5.74, 6) is 0. The van der Waals surface area contributed by atoms with Crippen LogP contribution in [0.4, 0.5) is 4.79 Å². The van der Waals surface area contributed by atoms with Gasteiger partial charge in [-0.25, -0.2) is 4.79 Å². The average Bonchev–Trinajstić information content (AvgIpc) is 0.781. The van der Waals surface area contributed by atoms with Crippen molar-refractivity contribution < 1.29 is 192 Å². The highest BCUT2D eigenvalue weighted by atomic mass is 16.8. The Hall–Kier alpha value is -2.53. The van der Waals surface area contributed by atoms with Gasteiger partial charge in [-0.2, -0.15) is 0 Å². The number of amides is 1. The van der Waals surface area contributed by atoms with Crippen molar-refractivity contribution in [3.63, 3.8) is 0 Å². The van der Waals surface area contributed by atoms with E-state index >= 15 is 0 Å². The van der Waals surface area contributed by atoms with Crippen LogP contribution in [0.25, 0.3) is 0 Å². The number of ether oxygens (including phenoxy) is 18. The third kappa shape index (κ3) is 17.7. The van der Waals surface area contributed by atoms with E-state index in [1.165, 1.54) is 0 Å². The molecule has 606 valence electrons. The number of methoxy groups -OCH3 is 1. The van der Waals surface area contributed by atoms with Crippen LogP contribution in [0.5, 0.6) is 0 Å². The molecular weight excluding hydrogens is 1420 g/mol. The average molecular weight is 1530 g/mol. The zero-order valence-electron chi connectivity index (χ0n) is 55.7. The molecule has 48 nitrogen and oxygen atoms in total. The van der Waals surface area contributed by atoms with Crippen LogP contribution in [0.15, 0.2) is 0 Å². The fourth-order valence-electron chi connectivity index (χ4n) is 13.7. The number of nitrogens with two attached hydrogens (primary N) is 8. The van der Waals surface area contributed by atoms with Crippen LogP contribution in [-0.4, -0.2) is 451 Å². The molecule has 9 heterocycles. The predicted molar refractivity (Wildman–Crippen MR) is 326 cm³/mol. The maximum Gasteiger partial charge on any atom is 0.407 e. The van der Waals surface area contributed by atoms with Crippen molar-refractivity contribution in [1.82, 2.24) is 5.32 Å². The van der Waals surface area contributed by atoms with Crippen LogP contribution >= 0.6 is 0 Å². The maximum absolute atomic E-state index is 12.8. The number of aliphatic hydroxyl groups excluding tert-OH is 20. The minimum absolute atomic E-state index is 0.762. The van der Waals surface area contributed by atoms with Gasteiger partial charge in [0.2, 0.25) is 0 Å². The fraction of sp³-hybridized carbons (Fsp3) is 0.982. The number of hydrogen-bond donors (Lipinski definition) is 29. The van der Waals surface area contributed by atoms with Gasteiger partial charge in [0.05, 0.1) is 115 Å². The van der Waals surface area contributed by atoms with Gasteiger partial charge < -0.3 is 239 Å². The van der Waals surface area contributed by atoms with Gasteiger partial charge in [0.1, 0.15) is 171 Å². The minimum atomic E-state index is -2.04. The van der Waals surface area contributed by atoms with Crippen LogP contribution in [-0.2, 0) is 85.3 Å². The molecule has 0 spiro atoms. The summed E-state index contributed by atoms with van der Waals surface area (Å²) in [6.07, 6.45) is -62.6. The highest BCUT2D eigenvalue weighted by Gasteiger charge is 2.60. The van der Waals surface area contributed by atoms with Crippen molar-refractivity contribution in [1.29, 1.82) is 0 Å². The molecule has 0 bridgehead atoms. The fourth-order valence-corrected chi connectivity index (χ4v) is 13.7. The molecule has 48 heteroatoms. The van der Waals surface area contributed by atoms with Crippen molar-refractivity contribution in [2.75, 3.05) is 66.6 Å². The Balaban J connectivity index is 0.794. The van der Waals surface area contributed by atoms with E-state index in [2.05, 4.69) is 5.32 Å². The first kappa shape index (κ1) is 85.5. The highest BCUT2D eigenvalue weighted by molar-refractivity contribution is 5.67. The Morgan fingerprint density at radius 3 is 0.702 bits per heavy atom. The lowest BCUT2D eigenvalue weighted by Gasteiger charge is -2.51. The van der Waals surface area contributed by atoms with Gasteiger partial charge in [0.15, 0.2) is 56.6 Å². The second-order valence-electron chi connectivity index (χ2n) is 26.5. The number of nitrogens with one attached hydrogen (secondary N) is 1. The summed E-state index contributed by atoms with van der Waals surface area (Å²) < 4.78 is 104. The Kier molecular flexibility index (Phi) is 30.6. The molecule has 0 radical (unpaired) electrons. The first-order valence-corrected chi connectivity index (χ1v) is 33.4. The molecule has 104 heavy (non-hydrogen) atoms. The standard InChI is InChI=1S/C56H103N9O39/c1-87-56(86)65-28-38(84)46(19(10-74)96-55(28)104-45-18(9-73)95-49(27(64)37(45)83)97-39-12(3-67)88-47(85)20(57)31(39)77)103-54-26(63)36(82)44(17(8-72)94-54)102-53-25(62)35(81)43(16(7-71)93-53)101-52-24(61)34(80)42(15(6-70)92-52)100-51-23(60)33(79)41(14(5-69)91-51)99-50-22(59)32(78)40(13(4-68)90-50)98-48-21(58)30(76)29(75)11(2-66)89-48/h11-55,66-85H,2-10,57-64H2,1H3,(H,65,86)/t11-,12-,13-,14-,15-,16-,17-,18-,19-,20-,21-,22-,23-,24-,25-,26-,27-,28-,29-,30-,31+,32-,33-,34-,35-,36-,37-,38-,39-,40-,41-,42-,43-,44-,45-,46-,47-,48+,49+,50+,51+,52+,53+,54+,55+/m1/s1. The lowest BCUT2D eigenvalue weighted by atomic mass is 9.93. The van der Waals surface area contributed by atoms with E-state index in [1.54, 1.807) is 0 Å². The highest BCUT2D eigenvalue weighted by Crippen LogP contribution is 2.39. The second kappa shape index (κ2) is 37.2. The summed E-state index contributed by atoms with van der Waals surface area (Å²) >= 11 is 0. The van der Waals surface area contributed by atoms with E-state index in [-0.39, 0.29) is 0 Å². The summed E-state index contributed by atoms with van der Waals surface area (Å²) in [7, 11) is 0.957. The van der Waals surface area contributed by atoms with E-state index in [0.717, 1.165) is 7.11 Å². The summed E-state index contributed by atoms with van der Waals surface area (Å²) in [5.41, 5.74) is 50.2. The molecule has 0 aromatic rings. The molecule has 45 atom stereocenters. The van der Waals surface area contributed by atoms with E-state index < -0.39 is 341 Å². The van der Waals surface area contributed by atoms with Crippen LogP contribution in [0.2, 0.25) is 0 Å². The first-order chi connectivity index (χ1) is 49.4. The zero-order valence-corrected chi connectivity index (χ0v) is 55.7. The minimum Gasteiger partial charge on any atom is -0.453 e. The number of carbonyl (C=O) groups is 1. The smallest absolute Gasteiger partial charge is 0.407 e. The van der Waals surface area contributed by atoms with Crippen molar-refractivity contribution in [2.24, 2.45) is 45.9 Å². The number of carbonyl (C=O) groups excluding carboxylic acids is 1. The molecule has 9 fully saturated rings. The van der Waals surface area contributed by atoms with E-state index in [4.69, 9.17) is 131 Å². The summed E-state index contributed by atoms with van der Waals surface area (Å²) in [4.78, 5) is 12.8. The molecule has 0 saturated carbocycles. The van der Waals surface area contributed by atoms with Crippen LogP contribution in [0, 0.1) is 0 Å². The Bertz CT molecular complexity index is 2620. The van der Waals surface area contributed by atoms with E-state index in [9.17, 15) is 107 Å². The summed E-state index contributed by atoms with van der Waals surface area (Å²) in [6, 6.07) is -14.6. The molecular formula is C56H103N9O39. The normalized spacial score (nSPS) is 52.0. The Labute approximate surface area is 590 Å². The largest absolute Gasteiger partial charge is 0.453 e. The Morgan fingerprint density at radius 1 is 0.269 bits per heavy atom. The molecule has 9 aliphatic rings. The van der Waals surface area contributed by atoms with Crippen molar-refractivity contribution in [3.8, 4) is 0 Å². The van der Waals surface area contributed by atoms with Gasteiger partial charge in [0.25, 0.3) is 0 Å². The van der Waals surface area contributed by atoms with E-state index in [0.29, 0.717) is 0 Å². The molecule has 37 N–H and O–H groups in total. The summed E-state index contributed by atoms with van der Waals surface area (Å²) in [5, 5.41) is 219. The first-order valence-electron chi connectivity index (χ1n) is 33.4. The molecule has 0 unspecified atom stereocenters. The molecule has 0 aliphatic carbocycles. The molecule has 0 aromatic heterocycles. The second-order valence-corrected chi connectivity index (χ2v) is 26.5. The maximum atomic E-state index is 12.8. The molecule has 0 aromatic carbocycles. The lowest BCUT2D eigenvalue weighted by Crippen LogP contribution is -2.71. The number of hydrogen-bond acceptors (Lipinski definition) is 47. The third-order valence-corrected chi connectivity index (χ3v) is 19.9. The topological polar surface area (TPSA) is 808 Å². The lowest BCUT2D eigenvalue weighted by molar-refractivity contribution is -0.372. The van der Waals surface area contributed by atoms with Crippen LogP contribution in [0.3, 0.4) is 0 Å². The molecule has 9 saturated heterocycles. The van der Waals surface area contributed by atoms with Gasteiger partial charge in [-0.05, 0) is 0 Å². The van der Waals surface area contributed by atoms with Crippen LogP contribution in [0.1, 0.15) is 0 Å². The number of aliphatic hydroxyl groups is 20.